The molecule has 27 heavy (non-hydrogen) atoms. The van der Waals surface area contributed by atoms with Gasteiger partial charge in [0.05, 0.1) is 16.6 Å². The molecule has 2 heterocycles. The molecule has 0 aliphatic heterocycles. The lowest BCUT2D eigenvalue weighted by Gasteiger charge is -2.07. The third-order valence-corrected chi connectivity index (χ3v) is 4.36. The first-order chi connectivity index (χ1) is 12.9. The molecule has 4 N–H and O–H groups in total. The number of aromatic carboxylic acids is 1. The van der Waals surface area contributed by atoms with Gasteiger partial charge in [-0.3, -0.25) is 5.10 Å². The Hall–Kier alpha value is -3.87. The molecule has 0 aliphatic carbocycles. The van der Waals surface area contributed by atoms with Crippen LogP contribution in [0, 0.1) is 6.92 Å². The number of H-pyrrole nitrogens is 1. The number of phenolic OH excluding ortho intramolecular Hbond substituents is 2. The average Bonchev–Trinajstić information content (AvgIpc) is 3.07. The van der Waals surface area contributed by atoms with Crippen molar-refractivity contribution in [3.63, 3.8) is 0 Å². The molecular weight excluding hydrogens is 346 g/mol. The van der Waals surface area contributed by atoms with Gasteiger partial charge >= 0.3 is 5.97 Å². The third-order valence-electron chi connectivity index (χ3n) is 4.36. The number of aromatic amines is 1. The normalized spacial score (nSPS) is 11.0. The molecule has 134 valence electrons. The Morgan fingerprint density at radius 3 is 2.33 bits per heavy atom. The van der Waals surface area contributed by atoms with Crippen LogP contribution in [-0.2, 0) is 0 Å². The van der Waals surface area contributed by atoms with Crippen molar-refractivity contribution < 1.29 is 20.1 Å². The Morgan fingerprint density at radius 1 is 0.963 bits per heavy atom. The maximum absolute atomic E-state index is 11.9. The number of rotatable bonds is 3. The second kappa shape index (κ2) is 6.14. The van der Waals surface area contributed by atoms with Crippen LogP contribution < -0.4 is 0 Å². The standard InChI is InChI=1S/C20H15N3O4/c1-10-2-4-11(5-3-10)18-17-13(20(26)27)9-14(21-19(17)23-22-18)12-6-7-15(24)16(25)8-12/h2-9,24-25H,1H3,(H,26,27)(H,21,22,23). The maximum Gasteiger partial charge on any atom is 0.336 e. The summed E-state index contributed by atoms with van der Waals surface area (Å²) in [5.74, 6) is -1.68. The second-order valence-electron chi connectivity index (χ2n) is 6.23. The molecule has 2 aromatic heterocycles. The summed E-state index contributed by atoms with van der Waals surface area (Å²) in [6.07, 6.45) is 0. The number of aromatic hydroxyl groups is 2. The van der Waals surface area contributed by atoms with Crippen molar-refractivity contribution in [2.45, 2.75) is 6.92 Å². The molecule has 0 spiro atoms. The number of aryl methyl sites for hydroxylation is 1. The molecular formula is C20H15N3O4. The van der Waals surface area contributed by atoms with Gasteiger partial charge in [0.1, 0.15) is 5.69 Å². The highest BCUT2D eigenvalue weighted by molar-refractivity contribution is 6.08. The maximum atomic E-state index is 11.9. The van der Waals surface area contributed by atoms with E-state index in [2.05, 4.69) is 15.2 Å². The minimum atomic E-state index is -1.11. The first-order valence-electron chi connectivity index (χ1n) is 8.16. The Morgan fingerprint density at radius 2 is 1.67 bits per heavy atom. The largest absolute Gasteiger partial charge is 0.504 e. The summed E-state index contributed by atoms with van der Waals surface area (Å²) in [5, 5.41) is 36.4. The SMILES string of the molecule is Cc1ccc(-c2n[nH]c3nc(-c4ccc(O)c(O)c4)cc(C(=O)O)c23)cc1. The van der Waals surface area contributed by atoms with Gasteiger partial charge in [0, 0.05) is 11.1 Å². The summed E-state index contributed by atoms with van der Waals surface area (Å²) >= 11 is 0. The van der Waals surface area contributed by atoms with E-state index in [1.165, 1.54) is 18.2 Å². The number of phenols is 2. The van der Waals surface area contributed by atoms with Crippen molar-refractivity contribution in [2.75, 3.05) is 0 Å². The number of benzene rings is 2. The van der Waals surface area contributed by atoms with Crippen molar-refractivity contribution >= 4 is 17.0 Å². The Kier molecular flexibility index (Phi) is 3.77. The molecule has 0 aliphatic rings. The average molecular weight is 361 g/mol. The lowest BCUT2D eigenvalue weighted by molar-refractivity contribution is 0.0699. The van der Waals surface area contributed by atoms with Crippen molar-refractivity contribution in [2.24, 2.45) is 0 Å². The van der Waals surface area contributed by atoms with Gasteiger partial charge in [0.25, 0.3) is 0 Å². The lowest BCUT2D eigenvalue weighted by atomic mass is 10.0. The van der Waals surface area contributed by atoms with Crippen LogP contribution in [0.3, 0.4) is 0 Å². The number of carboxylic acids is 1. The van der Waals surface area contributed by atoms with Gasteiger partial charge in [-0.2, -0.15) is 5.10 Å². The summed E-state index contributed by atoms with van der Waals surface area (Å²) in [6.45, 7) is 1.97. The summed E-state index contributed by atoms with van der Waals surface area (Å²) in [4.78, 5) is 16.3. The molecule has 0 saturated heterocycles. The predicted molar refractivity (Wildman–Crippen MR) is 99.8 cm³/mol. The van der Waals surface area contributed by atoms with Gasteiger partial charge in [0.15, 0.2) is 17.1 Å². The Labute approximate surface area is 153 Å². The van der Waals surface area contributed by atoms with E-state index in [-0.39, 0.29) is 17.1 Å². The minimum Gasteiger partial charge on any atom is -0.504 e. The van der Waals surface area contributed by atoms with Crippen LogP contribution in [0.5, 0.6) is 11.5 Å². The smallest absolute Gasteiger partial charge is 0.336 e. The zero-order chi connectivity index (χ0) is 19.1. The molecule has 0 saturated carbocycles. The second-order valence-corrected chi connectivity index (χ2v) is 6.23. The lowest BCUT2D eigenvalue weighted by Crippen LogP contribution is -2.00. The Bertz CT molecular complexity index is 1180. The molecule has 0 bridgehead atoms. The van der Waals surface area contributed by atoms with Crippen molar-refractivity contribution in [3.05, 3.63) is 59.7 Å². The molecule has 7 heteroatoms. The van der Waals surface area contributed by atoms with Crippen LogP contribution in [0.4, 0.5) is 0 Å². The number of hydrogen-bond donors (Lipinski definition) is 4. The van der Waals surface area contributed by atoms with Crippen LogP contribution >= 0.6 is 0 Å². The predicted octanol–water partition coefficient (Wildman–Crippen LogP) is 3.71. The van der Waals surface area contributed by atoms with Gasteiger partial charge in [0.2, 0.25) is 0 Å². The molecule has 0 atom stereocenters. The van der Waals surface area contributed by atoms with Crippen molar-refractivity contribution in [1.29, 1.82) is 0 Å². The van der Waals surface area contributed by atoms with Crippen molar-refractivity contribution in [3.8, 4) is 34.0 Å². The number of carbonyl (C=O) groups is 1. The van der Waals surface area contributed by atoms with E-state index in [0.717, 1.165) is 11.1 Å². The van der Waals surface area contributed by atoms with Crippen LogP contribution in [-0.4, -0.2) is 36.5 Å². The first-order valence-corrected chi connectivity index (χ1v) is 8.16. The van der Waals surface area contributed by atoms with Gasteiger partial charge in [-0.15, -0.1) is 0 Å². The molecule has 4 rings (SSSR count). The Balaban J connectivity index is 1.95. The number of hydrogen-bond acceptors (Lipinski definition) is 5. The zero-order valence-electron chi connectivity index (χ0n) is 14.3. The van der Waals surface area contributed by atoms with E-state index < -0.39 is 5.97 Å². The molecule has 0 amide bonds. The highest BCUT2D eigenvalue weighted by Gasteiger charge is 2.20. The van der Waals surface area contributed by atoms with E-state index >= 15 is 0 Å². The van der Waals surface area contributed by atoms with E-state index in [1.807, 2.05) is 31.2 Å². The van der Waals surface area contributed by atoms with Crippen LogP contribution in [0.2, 0.25) is 0 Å². The zero-order valence-corrected chi connectivity index (χ0v) is 14.3. The molecule has 0 radical (unpaired) electrons. The summed E-state index contributed by atoms with van der Waals surface area (Å²) < 4.78 is 0. The fraction of sp³-hybridized carbons (Fsp3) is 0.0500. The summed E-state index contributed by atoms with van der Waals surface area (Å²) in [6, 6.07) is 13.2. The van der Waals surface area contributed by atoms with E-state index in [0.29, 0.717) is 28.0 Å². The first kappa shape index (κ1) is 16.6. The van der Waals surface area contributed by atoms with Crippen LogP contribution in [0.1, 0.15) is 15.9 Å². The van der Waals surface area contributed by atoms with E-state index in [4.69, 9.17) is 0 Å². The van der Waals surface area contributed by atoms with Crippen LogP contribution in [0.25, 0.3) is 33.5 Å². The molecule has 0 unspecified atom stereocenters. The molecule has 2 aromatic carbocycles. The number of carboxylic acid groups (broad SMARTS) is 1. The monoisotopic (exact) mass is 361 g/mol. The van der Waals surface area contributed by atoms with Gasteiger partial charge in [-0.1, -0.05) is 29.8 Å². The number of aromatic nitrogens is 3. The van der Waals surface area contributed by atoms with Gasteiger partial charge in [-0.05, 0) is 31.2 Å². The number of nitrogens with one attached hydrogen (secondary N) is 1. The van der Waals surface area contributed by atoms with Gasteiger partial charge < -0.3 is 15.3 Å². The highest BCUT2D eigenvalue weighted by Crippen LogP contribution is 2.34. The number of pyridine rings is 1. The third kappa shape index (κ3) is 2.85. The summed E-state index contributed by atoms with van der Waals surface area (Å²) in [7, 11) is 0. The number of fused-ring (bicyclic) bond motifs is 1. The van der Waals surface area contributed by atoms with Crippen molar-refractivity contribution in [1.82, 2.24) is 15.2 Å². The highest BCUT2D eigenvalue weighted by atomic mass is 16.4. The minimum absolute atomic E-state index is 0.0480. The molecule has 0 fully saturated rings. The topological polar surface area (TPSA) is 119 Å². The quantitative estimate of drug-likeness (QED) is 0.413. The summed E-state index contributed by atoms with van der Waals surface area (Å²) in [5.41, 5.74) is 3.57. The van der Waals surface area contributed by atoms with Gasteiger partial charge in [-0.25, -0.2) is 9.78 Å². The molecule has 4 aromatic rings. The fourth-order valence-corrected chi connectivity index (χ4v) is 2.95. The fourth-order valence-electron chi connectivity index (χ4n) is 2.95. The van der Waals surface area contributed by atoms with E-state index in [9.17, 15) is 20.1 Å². The molecule has 7 nitrogen and oxygen atoms in total. The number of nitrogens with zero attached hydrogens (tertiary/aromatic N) is 2. The van der Waals surface area contributed by atoms with Crippen LogP contribution in [0.15, 0.2) is 48.5 Å². The van der Waals surface area contributed by atoms with E-state index in [1.54, 1.807) is 6.07 Å².